The van der Waals surface area contributed by atoms with E-state index in [1.54, 1.807) is 27.7 Å². The van der Waals surface area contributed by atoms with Crippen molar-refractivity contribution in [3.63, 3.8) is 0 Å². The lowest BCUT2D eigenvalue weighted by Crippen LogP contribution is -2.17. The van der Waals surface area contributed by atoms with E-state index in [1.165, 1.54) is 0 Å². The minimum absolute atomic E-state index is 0.208. The maximum absolute atomic E-state index is 12.9. The van der Waals surface area contributed by atoms with Crippen LogP contribution in [-0.4, -0.2) is 30.1 Å². The Morgan fingerprint density at radius 2 is 1.42 bits per heavy atom. The Bertz CT molecular complexity index is 1130. The van der Waals surface area contributed by atoms with E-state index >= 15 is 0 Å². The minimum atomic E-state index is -0.533. The van der Waals surface area contributed by atoms with Crippen LogP contribution in [0.3, 0.4) is 0 Å². The smallest absolute Gasteiger partial charge is 0.340 e. The lowest BCUT2D eigenvalue weighted by molar-refractivity contribution is 0.0525. The molecule has 172 valence electrons. The molecule has 0 radical (unpaired) electrons. The van der Waals surface area contributed by atoms with Gasteiger partial charge in [-0.1, -0.05) is 36.4 Å². The van der Waals surface area contributed by atoms with Gasteiger partial charge < -0.3 is 14.2 Å². The second kappa shape index (κ2) is 10.8. The van der Waals surface area contributed by atoms with Crippen molar-refractivity contribution in [2.75, 3.05) is 13.2 Å². The SMILES string of the molecule is CCOC(=O)c1c(C)nc(C)c(C(=O)OCC)c1-c1cccc(OCc2ccccc2C)c1. The van der Waals surface area contributed by atoms with Crippen molar-refractivity contribution >= 4 is 11.9 Å². The van der Waals surface area contributed by atoms with Crippen molar-refractivity contribution < 1.29 is 23.8 Å². The summed E-state index contributed by atoms with van der Waals surface area (Å²) in [6.07, 6.45) is 0. The maximum atomic E-state index is 12.9. The van der Waals surface area contributed by atoms with Crippen LogP contribution in [0.4, 0.5) is 0 Å². The van der Waals surface area contributed by atoms with E-state index in [1.807, 2.05) is 55.5 Å². The van der Waals surface area contributed by atoms with Crippen LogP contribution in [-0.2, 0) is 16.1 Å². The molecular formula is C27H29NO5. The summed E-state index contributed by atoms with van der Waals surface area (Å²) in [5.41, 5.74) is 4.79. The predicted molar refractivity (Wildman–Crippen MR) is 127 cm³/mol. The summed E-state index contributed by atoms with van der Waals surface area (Å²) >= 11 is 0. The Balaban J connectivity index is 2.12. The van der Waals surface area contributed by atoms with E-state index in [4.69, 9.17) is 14.2 Å². The zero-order chi connectivity index (χ0) is 24.0. The van der Waals surface area contributed by atoms with Crippen LogP contribution in [0.2, 0.25) is 0 Å². The predicted octanol–water partition coefficient (Wildman–Crippen LogP) is 5.61. The summed E-state index contributed by atoms with van der Waals surface area (Å²) in [5, 5.41) is 0. The van der Waals surface area contributed by atoms with Crippen LogP contribution in [0.25, 0.3) is 11.1 Å². The van der Waals surface area contributed by atoms with Gasteiger partial charge in [-0.25, -0.2) is 9.59 Å². The molecule has 1 heterocycles. The quantitative estimate of drug-likeness (QED) is 0.418. The molecule has 0 fully saturated rings. The Kier molecular flexibility index (Phi) is 7.83. The number of ether oxygens (including phenoxy) is 3. The molecule has 6 heteroatoms. The Morgan fingerprint density at radius 3 is 2.00 bits per heavy atom. The van der Waals surface area contributed by atoms with Crippen molar-refractivity contribution in [2.24, 2.45) is 0 Å². The molecule has 0 aliphatic rings. The molecule has 3 aromatic rings. The number of aryl methyl sites for hydroxylation is 3. The molecule has 0 spiro atoms. The van der Waals surface area contributed by atoms with Gasteiger partial charge in [-0.05, 0) is 63.4 Å². The molecule has 0 N–H and O–H groups in total. The number of hydrogen-bond acceptors (Lipinski definition) is 6. The van der Waals surface area contributed by atoms with Gasteiger partial charge in [-0.3, -0.25) is 4.98 Å². The maximum Gasteiger partial charge on any atom is 0.340 e. The summed E-state index contributed by atoms with van der Waals surface area (Å²) in [6, 6.07) is 15.3. The molecule has 0 atom stereocenters. The summed E-state index contributed by atoms with van der Waals surface area (Å²) in [4.78, 5) is 30.2. The first-order valence-corrected chi connectivity index (χ1v) is 11.0. The van der Waals surface area contributed by atoms with Crippen molar-refractivity contribution in [1.29, 1.82) is 0 Å². The molecule has 33 heavy (non-hydrogen) atoms. The number of esters is 2. The summed E-state index contributed by atoms with van der Waals surface area (Å²) in [5.74, 6) is -0.448. The Morgan fingerprint density at radius 1 is 0.818 bits per heavy atom. The fourth-order valence-corrected chi connectivity index (χ4v) is 3.72. The van der Waals surface area contributed by atoms with E-state index in [2.05, 4.69) is 4.98 Å². The highest BCUT2D eigenvalue weighted by molar-refractivity contribution is 6.07. The van der Waals surface area contributed by atoms with Crippen LogP contribution in [0.1, 0.15) is 57.1 Å². The molecule has 0 saturated heterocycles. The van der Waals surface area contributed by atoms with Crippen LogP contribution in [0.5, 0.6) is 5.75 Å². The molecular weight excluding hydrogens is 418 g/mol. The topological polar surface area (TPSA) is 74.7 Å². The third kappa shape index (κ3) is 5.40. The highest BCUT2D eigenvalue weighted by atomic mass is 16.5. The van der Waals surface area contributed by atoms with E-state index < -0.39 is 11.9 Å². The largest absolute Gasteiger partial charge is 0.489 e. The number of nitrogens with zero attached hydrogens (tertiary/aromatic N) is 1. The van der Waals surface area contributed by atoms with Gasteiger partial charge in [0, 0.05) is 5.56 Å². The fraction of sp³-hybridized carbons (Fsp3) is 0.296. The van der Waals surface area contributed by atoms with E-state index in [0.717, 1.165) is 11.1 Å². The lowest BCUT2D eigenvalue weighted by Gasteiger charge is -2.18. The van der Waals surface area contributed by atoms with Gasteiger partial charge in [0.1, 0.15) is 12.4 Å². The van der Waals surface area contributed by atoms with Gasteiger partial charge >= 0.3 is 11.9 Å². The Hall–Kier alpha value is -3.67. The zero-order valence-electron chi connectivity index (χ0n) is 19.7. The van der Waals surface area contributed by atoms with Gasteiger partial charge in [0.05, 0.1) is 35.7 Å². The zero-order valence-corrected chi connectivity index (χ0v) is 19.7. The molecule has 2 aromatic carbocycles. The number of rotatable bonds is 8. The van der Waals surface area contributed by atoms with E-state index in [9.17, 15) is 9.59 Å². The number of carbonyl (C=O) groups is 2. The molecule has 0 aliphatic heterocycles. The normalized spacial score (nSPS) is 10.6. The average molecular weight is 448 g/mol. The van der Waals surface area contributed by atoms with Crippen molar-refractivity contribution in [3.05, 3.63) is 82.2 Å². The number of benzene rings is 2. The number of carbonyl (C=O) groups excluding carboxylic acids is 2. The number of hydrogen-bond donors (Lipinski definition) is 0. The second-order valence-electron chi connectivity index (χ2n) is 7.59. The van der Waals surface area contributed by atoms with Gasteiger partial charge in [-0.2, -0.15) is 0 Å². The van der Waals surface area contributed by atoms with Crippen molar-refractivity contribution in [3.8, 4) is 16.9 Å². The highest BCUT2D eigenvalue weighted by Crippen LogP contribution is 2.34. The molecule has 0 bridgehead atoms. The summed E-state index contributed by atoms with van der Waals surface area (Å²) < 4.78 is 16.6. The lowest BCUT2D eigenvalue weighted by atomic mass is 9.92. The van der Waals surface area contributed by atoms with Crippen LogP contribution in [0, 0.1) is 20.8 Å². The van der Waals surface area contributed by atoms with Gasteiger partial charge in [0.2, 0.25) is 0 Å². The average Bonchev–Trinajstić information content (AvgIpc) is 2.78. The van der Waals surface area contributed by atoms with Crippen LogP contribution < -0.4 is 4.74 Å². The van der Waals surface area contributed by atoms with Gasteiger partial charge in [-0.15, -0.1) is 0 Å². The number of pyridine rings is 1. The third-order valence-corrected chi connectivity index (χ3v) is 5.30. The standard InChI is InChI=1S/C27H29NO5/c1-6-31-26(29)23-18(4)28-19(5)24(27(30)32-7-2)25(23)20-13-10-14-22(15-20)33-16-21-12-9-8-11-17(21)3/h8-15H,6-7,16H2,1-5H3. The van der Waals surface area contributed by atoms with Crippen molar-refractivity contribution in [1.82, 2.24) is 4.98 Å². The fourth-order valence-electron chi connectivity index (χ4n) is 3.72. The van der Waals surface area contributed by atoms with Gasteiger partial charge in [0.25, 0.3) is 0 Å². The highest BCUT2D eigenvalue weighted by Gasteiger charge is 2.28. The second-order valence-corrected chi connectivity index (χ2v) is 7.59. The van der Waals surface area contributed by atoms with Gasteiger partial charge in [0.15, 0.2) is 0 Å². The molecule has 0 amide bonds. The molecule has 0 saturated carbocycles. The van der Waals surface area contributed by atoms with Crippen LogP contribution >= 0.6 is 0 Å². The first-order valence-electron chi connectivity index (χ1n) is 11.0. The minimum Gasteiger partial charge on any atom is -0.489 e. The summed E-state index contributed by atoms with van der Waals surface area (Å²) in [6.45, 7) is 9.79. The Labute approximate surface area is 194 Å². The van der Waals surface area contributed by atoms with E-state index in [0.29, 0.717) is 34.9 Å². The van der Waals surface area contributed by atoms with E-state index in [-0.39, 0.29) is 24.3 Å². The van der Waals surface area contributed by atoms with Crippen molar-refractivity contribution in [2.45, 2.75) is 41.2 Å². The first kappa shape index (κ1) is 24.0. The van der Waals surface area contributed by atoms with Crippen LogP contribution in [0.15, 0.2) is 48.5 Å². The molecule has 0 unspecified atom stereocenters. The third-order valence-electron chi connectivity index (χ3n) is 5.30. The molecule has 6 nitrogen and oxygen atoms in total. The molecule has 3 rings (SSSR count). The molecule has 0 aliphatic carbocycles. The number of aromatic nitrogens is 1. The summed E-state index contributed by atoms with van der Waals surface area (Å²) in [7, 11) is 0. The monoisotopic (exact) mass is 447 g/mol. The first-order chi connectivity index (χ1) is 15.9. The molecule has 1 aromatic heterocycles.